The third-order valence-corrected chi connectivity index (χ3v) is 5.12. The van der Waals surface area contributed by atoms with Gasteiger partial charge < -0.3 is 4.98 Å². The molecule has 0 aromatic carbocycles. The third-order valence-electron chi connectivity index (χ3n) is 2.11. The maximum atomic E-state index is 4.49. The van der Waals surface area contributed by atoms with Crippen molar-refractivity contribution in [2.45, 2.75) is 39.3 Å². The van der Waals surface area contributed by atoms with E-state index in [2.05, 4.69) is 55.3 Å². The number of aromatic nitrogens is 1. The minimum absolute atomic E-state index is 1.12. The molecule has 4 heteroatoms. The van der Waals surface area contributed by atoms with Crippen LogP contribution in [0.25, 0.3) is 0 Å². The van der Waals surface area contributed by atoms with Gasteiger partial charge >= 0.3 is 0 Å². The minimum Gasteiger partial charge on any atom is -0.396 e. The van der Waals surface area contributed by atoms with Crippen LogP contribution in [-0.2, 0) is 0 Å². The molecular formula is C11H22N2Si2. The van der Waals surface area contributed by atoms with Crippen LogP contribution in [0.1, 0.15) is 0 Å². The van der Waals surface area contributed by atoms with Gasteiger partial charge in [0.25, 0.3) is 0 Å². The molecule has 0 saturated heterocycles. The number of hydrogen-bond donors (Lipinski definition) is 1. The highest BCUT2D eigenvalue weighted by Gasteiger charge is 2.23. The Hall–Kier alpha value is -0.616. The molecule has 0 unspecified atom stereocenters. The van der Waals surface area contributed by atoms with Gasteiger partial charge in [-0.15, -0.1) is 0 Å². The van der Waals surface area contributed by atoms with Crippen molar-refractivity contribution in [3.8, 4) is 0 Å². The summed E-state index contributed by atoms with van der Waals surface area (Å²) in [6, 6.07) is 4.27. The zero-order chi connectivity index (χ0) is 11.7. The van der Waals surface area contributed by atoms with Crippen LogP contribution in [0.4, 0.5) is 5.82 Å². The fraction of sp³-hybridized carbons (Fsp3) is 0.545. The fourth-order valence-electron chi connectivity index (χ4n) is 1.47. The van der Waals surface area contributed by atoms with E-state index in [1.54, 1.807) is 0 Å². The summed E-state index contributed by atoms with van der Waals surface area (Å²) >= 11 is 0. The molecular weight excluding hydrogens is 216 g/mol. The molecule has 1 aromatic rings. The molecule has 1 aromatic heterocycles. The second kappa shape index (κ2) is 4.10. The Kier molecular flexibility index (Phi) is 3.40. The van der Waals surface area contributed by atoms with Gasteiger partial charge in [-0.25, -0.2) is 4.98 Å². The van der Waals surface area contributed by atoms with Crippen LogP contribution in [0, 0.1) is 0 Å². The van der Waals surface area contributed by atoms with Crippen molar-refractivity contribution < 1.29 is 0 Å². The van der Waals surface area contributed by atoms with E-state index in [-0.39, 0.29) is 0 Å². The number of nitrogens with zero attached hydrogens (tertiary/aromatic N) is 1. The van der Waals surface area contributed by atoms with Crippen molar-refractivity contribution >= 4 is 27.3 Å². The average molecular weight is 238 g/mol. The number of rotatable bonds is 3. The molecule has 84 valence electrons. The van der Waals surface area contributed by atoms with Crippen LogP contribution in [-0.4, -0.2) is 21.3 Å². The van der Waals surface area contributed by atoms with Crippen molar-refractivity contribution in [2.24, 2.45) is 0 Å². The standard InChI is InChI=1S/C11H22N2Si2/c1-14(2,3)10-8-7-9-12-11(10)13-15(4,5)6/h7-9H,1-6H3,(H,12,13). The highest BCUT2D eigenvalue weighted by atomic mass is 28.3. The predicted molar refractivity (Wildman–Crippen MR) is 74.2 cm³/mol. The lowest BCUT2D eigenvalue weighted by molar-refractivity contribution is 1.33. The van der Waals surface area contributed by atoms with E-state index in [1.165, 1.54) is 5.19 Å². The molecule has 1 rings (SSSR count). The first kappa shape index (κ1) is 12.5. The van der Waals surface area contributed by atoms with E-state index in [1.807, 2.05) is 12.3 Å². The second-order valence-corrected chi connectivity index (χ2v) is 15.8. The second-order valence-electron chi connectivity index (χ2n) is 6.02. The molecule has 0 spiro atoms. The number of hydrogen-bond acceptors (Lipinski definition) is 2. The van der Waals surface area contributed by atoms with Crippen molar-refractivity contribution in [2.75, 3.05) is 4.98 Å². The first-order chi connectivity index (χ1) is 6.70. The molecule has 0 atom stereocenters. The summed E-state index contributed by atoms with van der Waals surface area (Å²) in [6.45, 7) is 14.0. The summed E-state index contributed by atoms with van der Waals surface area (Å²) in [4.78, 5) is 8.11. The lowest BCUT2D eigenvalue weighted by Crippen LogP contribution is -2.43. The molecule has 15 heavy (non-hydrogen) atoms. The molecule has 0 fully saturated rings. The largest absolute Gasteiger partial charge is 0.396 e. The SMILES string of the molecule is C[Si](C)(C)Nc1ncccc1[Si](C)(C)C. The van der Waals surface area contributed by atoms with Gasteiger partial charge in [-0.3, -0.25) is 0 Å². The van der Waals surface area contributed by atoms with Crippen molar-refractivity contribution in [1.29, 1.82) is 0 Å². The molecule has 0 bridgehead atoms. The van der Waals surface area contributed by atoms with E-state index < -0.39 is 16.3 Å². The van der Waals surface area contributed by atoms with Gasteiger partial charge in [0.2, 0.25) is 0 Å². The summed E-state index contributed by atoms with van der Waals surface area (Å²) in [5.74, 6) is 1.12. The molecule has 1 N–H and O–H groups in total. The Morgan fingerprint density at radius 3 is 2.13 bits per heavy atom. The Balaban J connectivity index is 3.08. The normalized spacial score (nSPS) is 12.7. The lowest BCUT2D eigenvalue weighted by atomic mass is 10.5. The van der Waals surface area contributed by atoms with E-state index in [0.717, 1.165) is 5.82 Å². The Bertz CT molecular complexity index is 337. The van der Waals surface area contributed by atoms with Crippen LogP contribution < -0.4 is 10.2 Å². The third kappa shape index (κ3) is 3.79. The van der Waals surface area contributed by atoms with Crippen molar-refractivity contribution in [1.82, 2.24) is 4.98 Å². The molecule has 0 aliphatic carbocycles. The highest BCUT2D eigenvalue weighted by Crippen LogP contribution is 2.12. The molecule has 0 amide bonds. The van der Waals surface area contributed by atoms with Crippen LogP contribution in [0.2, 0.25) is 39.3 Å². The Morgan fingerprint density at radius 1 is 1.07 bits per heavy atom. The summed E-state index contributed by atoms with van der Waals surface area (Å²) in [5, 5.41) is 1.44. The van der Waals surface area contributed by atoms with Gasteiger partial charge in [0.05, 0.1) is 8.07 Å². The van der Waals surface area contributed by atoms with Gasteiger partial charge in [0.1, 0.15) is 14.1 Å². The highest BCUT2D eigenvalue weighted by molar-refractivity contribution is 6.90. The van der Waals surface area contributed by atoms with E-state index in [9.17, 15) is 0 Å². The first-order valence-electron chi connectivity index (χ1n) is 5.44. The fourth-order valence-corrected chi connectivity index (χ4v) is 3.93. The summed E-state index contributed by atoms with van der Waals surface area (Å²) in [7, 11) is -2.58. The van der Waals surface area contributed by atoms with Gasteiger partial charge in [-0.1, -0.05) is 45.3 Å². The van der Waals surface area contributed by atoms with Gasteiger partial charge in [0.15, 0.2) is 0 Å². The monoisotopic (exact) mass is 238 g/mol. The summed E-state index contributed by atoms with van der Waals surface area (Å²) < 4.78 is 0. The quantitative estimate of drug-likeness (QED) is 0.819. The van der Waals surface area contributed by atoms with Crippen LogP contribution in [0.5, 0.6) is 0 Å². The van der Waals surface area contributed by atoms with E-state index >= 15 is 0 Å². The smallest absolute Gasteiger partial charge is 0.145 e. The number of pyridine rings is 1. The maximum Gasteiger partial charge on any atom is 0.145 e. The number of nitrogens with one attached hydrogen (secondary N) is 1. The van der Waals surface area contributed by atoms with Crippen molar-refractivity contribution in [3.63, 3.8) is 0 Å². The Labute approximate surface area is 95.2 Å². The summed E-state index contributed by atoms with van der Waals surface area (Å²) in [5.41, 5.74) is 0. The summed E-state index contributed by atoms with van der Waals surface area (Å²) in [6.07, 6.45) is 1.88. The Morgan fingerprint density at radius 2 is 1.67 bits per heavy atom. The van der Waals surface area contributed by atoms with Gasteiger partial charge in [-0.05, 0) is 11.3 Å². The molecule has 2 nitrogen and oxygen atoms in total. The van der Waals surface area contributed by atoms with Crippen LogP contribution in [0.15, 0.2) is 18.3 Å². The molecule has 0 aliphatic heterocycles. The lowest BCUT2D eigenvalue weighted by Gasteiger charge is -2.25. The van der Waals surface area contributed by atoms with Crippen molar-refractivity contribution in [3.05, 3.63) is 18.3 Å². The molecule has 1 heterocycles. The first-order valence-corrected chi connectivity index (χ1v) is 12.4. The van der Waals surface area contributed by atoms with E-state index in [0.29, 0.717) is 0 Å². The van der Waals surface area contributed by atoms with Crippen LogP contribution in [0.3, 0.4) is 0 Å². The predicted octanol–water partition coefficient (Wildman–Crippen LogP) is 2.87. The number of anilines is 1. The topological polar surface area (TPSA) is 24.9 Å². The minimum atomic E-state index is -1.30. The average Bonchev–Trinajstić information content (AvgIpc) is 1.99. The zero-order valence-corrected chi connectivity index (χ0v) is 12.7. The molecule has 0 radical (unpaired) electrons. The zero-order valence-electron chi connectivity index (χ0n) is 10.7. The molecule has 0 aliphatic rings. The van der Waals surface area contributed by atoms with Gasteiger partial charge in [-0.2, -0.15) is 0 Å². The van der Waals surface area contributed by atoms with Gasteiger partial charge in [0, 0.05) is 6.20 Å². The maximum absolute atomic E-state index is 4.49. The van der Waals surface area contributed by atoms with E-state index in [4.69, 9.17) is 0 Å². The van der Waals surface area contributed by atoms with Crippen LogP contribution >= 0.6 is 0 Å². The molecule has 0 saturated carbocycles.